The summed E-state index contributed by atoms with van der Waals surface area (Å²) in [6.07, 6.45) is 2.06. The Bertz CT molecular complexity index is 264. The van der Waals surface area contributed by atoms with Gasteiger partial charge in [-0.15, -0.1) is 0 Å². The van der Waals surface area contributed by atoms with E-state index in [-0.39, 0.29) is 0 Å². The highest BCUT2D eigenvalue weighted by atomic mass is 16.1. The zero-order chi connectivity index (χ0) is 8.10. The number of hydrogen-bond acceptors (Lipinski definition) is 2. The van der Waals surface area contributed by atoms with Crippen LogP contribution in [-0.2, 0) is 4.79 Å². The highest BCUT2D eigenvalue weighted by Crippen LogP contribution is 1.95. The number of carbonyl (C=O) groups excluding carboxylic acids is 1. The van der Waals surface area contributed by atoms with Gasteiger partial charge in [-0.2, -0.15) is 5.10 Å². The Kier molecular flexibility index (Phi) is 2.43. The zero-order valence-corrected chi connectivity index (χ0v) is 6.16. The van der Waals surface area contributed by atoms with Crippen molar-refractivity contribution in [3.05, 3.63) is 23.5 Å². The Hall–Kier alpha value is -1.58. The number of aromatic nitrogens is 1. The maximum atomic E-state index is 9.77. The number of aryl methyl sites for hydroxylation is 1. The quantitative estimate of drug-likeness (QED) is 0.367. The monoisotopic (exact) mass is 151 g/mol. The Balaban J connectivity index is 2.56. The van der Waals surface area contributed by atoms with Crippen molar-refractivity contribution in [2.45, 2.75) is 6.92 Å². The zero-order valence-electron chi connectivity index (χ0n) is 6.16. The molecule has 2 N–H and O–H groups in total. The maximum absolute atomic E-state index is 9.77. The van der Waals surface area contributed by atoms with Crippen molar-refractivity contribution in [3.63, 3.8) is 0 Å². The van der Waals surface area contributed by atoms with Crippen LogP contribution in [0.4, 0.5) is 0 Å². The smallest absolute Gasteiger partial charge is 0.227 e. The van der Waals surface area contributed by atoms with Crippen molar-refractivity contribution in [2.24, 2.45) is 5.10 Å². The highest BCUT2D eigenvalue weighted by molar-refractivity contribution is 5.77. The molecule has 1 heterocycles. The summed E-state index contributed by atoms with van der Waals surface area (Å²) in [5, 5.41) is 3.60. The molecule has 1 aromatic rings. The second-order valence-electron chi connectivity index (χ2n) is 2.10. The molecule has 0 aliphatic carbocycles. The van der Waals surface area contributed by atoms with Gasteiger partial charge in [0.05, 0.1) is 11.9 Å². The van der Waals surface area contributed by atoms with Gasteiger partial charge in [0, 0.05) is 5.69 Å². The highest BCUT2D eigenvalue weighted by Gasteiger charge is 1.88. The lowest BCUT2D eigenvalue weighted by Gasteiger charge is -1.84. The van der Waals surface area contributed by atoms with Crippen molar-refractivity contribution < 1.29 is 4.79 Å². The van der Waals surface area contributed by atoms with Crippen LogP contribution in [0, 0.1) is 6.92 Å². The number of carbonyl (C=O) groups is 1. The van der Waals surface area contributed by atoms with Gasteiger partial charge in [0.25, 0.3) is 0 Å². The fourth-order valence-electron chi connectivity index (χ4n) is 0.738. The molecule has 1 rings (SSSR count). The maximum Gasteiger partial charge on any atom is 0.227 e. The molecule has 0 saturated heterocycles. The van der Waals surface area contributed by atoms with Crippen molar-refractivity contribution in [3.8, 4) is 0 Å². The Morgan fingerprint density at radius 3 is 3.00 bits per heavy atom. The fourth-order valence-corrected chi connectivity index (χ4v) is 0.738. The molecule has 4 heteroatoms. The van der Waals surface area contributed by atoms with Crippen molar-refractivity contribution in [1.29, 1.82) is 0 Å². The summed E-state index contributed by atoms with van der Waals surface area (Å²) >= 11 is 0. The van der Waals surface area contributed by atoms with E-state index >= 15 is 0 Å². The number of aromatic amines is 1. The number of hydrogen-bond donors (Lipinski definition) is 2. The van der Waals surface area contributed by atoms with E-state index in [1.165, 1.54) is 0 Å². The summed E-state index contributed by atoms with van der Waals surface area (Å²) < 4.78 is 0. The summed E-state index contributed by atoms with van der Waals surface area (Å²) in [6, 6.07) is 3.81. The number of H-pyrrole nitrogens is 1. The first-order chi connectivity index (χ1) is 5.33. The van der Waals surface area contributed by atoms with Gasteiger partial charge in [0.2, 0.25) is 6.41 Å². The van der Waals surface area contributed by atoms with E-state index in [1.54, 1.807) is 6.21 Å². The van der Waals surface area contributed by atoms with Crippen LogP contribution in [0.5, 0.6) is 0 Å². The third kappa shape index (κ3) is 2.25. The topological polar surface area (TPSA) is 57.2 Å². The van der Waals surface area contributed by atoms with Crippen LogP contribution in [0.25, 0.3) is 0 Å². The summed E-state index contributed by atoms with van der Waals surface area (Å²) in [6.45, 7) is 1.95. The van der Waals surface area contributed by atoms with Crippen LogP contribution in [0.2, 0.25) is 0 Å². The van der Waals surface area contributed by atoms with Crippen molar-refractivity contribution in [1.82, 2.24) is 10.4 Å². The molecule has 11 heavy (non-hydrogen) atoms. The predicted molar refractivity (Wildman–Crippen MR) is 42.3 cm³/mol. The molecular weight excluding hydrogens is 142 g/mol. The summed E-state index contributed by atoms with van der Waals surface area (Å²) in [7, 11) is 0. The van der Waals surface area contributed by atoms with E-state index in [4.69, 9.17) is 0 Å². The van der Waals surface area contributed by atoms with Gasteiger partial charge in [-0.3, -0.25) is 4.79 Å². The van der Waals surface area contributed by atoms with E-state index in [0.29, 0.717) is 6.41 Å². The standard InChI is InChI=1S/C7H9N3O/c1-6-2-3-7(10-6)4-8-9-5-11/h2-5,10H,1H3,(H,9,11)/b8-4+. The lowest BCUT2D eigenvalue weighted by molar-refractivity contribution is -0.109. The van der Waals surface area contributed by atoms with E-state index in [2.05, 4.69) is 15.5 Å². The molecule has 0 bridgehead atoms. The first kappa shape index (κ1) is 7.53. The molecule has 0 radical (unpaired) electrons. The Morgan fingerprint density at radius 2 is 2.45 bits per heavy atom. The molecule has 0 fully saturated rings. The first-order valence-corrected chi connectivity index (χ1v) is 3.21. The van der Waals surface area contributed by atoms with Crippen LogP contribution >= 0.6 is 0 Å². The van der Waals surface area contributed by atoms with Gasteiger partial charge in [-0.05, 0) is 19.1 Å². The minimum Gasteiger partial charge on any atom is -0.358 e. The molecule has 1 amide bonds. The SMILES string of the molecule is Cc1ccc(/C=N/NC=O)[nH]1. The van der Waals surface area contributed by atoms with Crippen molar-refractivity contribution in [2.75, 3.05) is 0 Å². The lowest BCUT2D eigenvalue weighted by atomic mass is 10.4. The predicted octanol–water partition coefficient (Wildman–Crippen LogP) is 0.403. The second-order valence-corrected chi connectivity index (χ2v) is 2.10. The number of amides is 1. The van der Waals surface area contributed by atoms with Gasteiger partial charge in [-0.1, -0.05) is 0 Å². The molecule has 0 unspecified atom stereocenters. The molecular formula is C7H9N3O. The average molecular weight is 151 g/mol. The van der Waals surface area contributed by atoms with Crippen LogP contribution < -0.4 is 5.43 Å². The van der Waals surface area contributed by atoms with Crippen LogP contribution in [-0.4, -0.2) is 17.6 Å². The van der Waals surface area contributed by atoms with Crippen molar-refractivity contribution >= 4 is 12.6 Å². The molecule has 0 atom stereocenters. The van der Waals surface area contributed by atoms with E-state index < -0.39 is 0 Å². The molecule has 0 aliphatic rings. The summed E-state index contributed by atoms with van der Waals surface area (Å²) in [4.78, 5) is 12.8. The number of hydrazone groups is 1. The average Bonchev–Trinajstić information content (AvgIpc) is 2.37. The number of rotatable bonds is 3. The second kappa shape index (κ2) is 3.55. The summed E-state index contributed by atoms with van der Waals surface area (Å²) in [5.41, 5.74) is 4.11. The van der Waals surface area contributed by atoms with Gasteiger partial charge in [0.1, 0.15) is 0 Å². The number of nitrogens with one attached hydrogen (secondary N) is 2. The molecule has 1 aromatic heterocycles. The minimum absolute atomic E-state index is 0.520. The van der Waals surface area contributed by atoms with Crippen LogP contribution in [0.1, 0.15) is 11.4 Å². The minimum atomic E-state index is 0.520. The van der Waals surface area contributed by atoms with Gasteiger partial charge < -0.3 is 4.98 Å². The van der Waals surface area contributed by atoms with Crippen LogP contribution in [0.15, 0.2) is 17.2 Å². The first-order valence-electron chi connectivity index (χ1n) is 3.21. The van der Waals surface area contributed by atoms with Crippen LogP contribution in [0.3, 0.4) is 0 Å². The Labute approximate surface area is 64.3 Å². The summed E-state index contributed by atoms with van der Waals surface area (Å²) in [5.74, 6) is 0. The molecule has 4 nitrogen and oxygen atoms in total. The molecule has 0 aliphatic heterocycles. The normalized spacial score (nSPS) is 10.3. The van der Waals surface area contributed by atoms with E-state index in [9.17, 15) is 4.79 Å². The molecule has 58 valence electrons. The van der Waals surface area contributed by atoms with Gasteiger partial charge in [-0.25, -0.2) is 5.43 Å². The van der Waals surface area contributed by atoms with E-state index in [1.807, 2.05) is 19.1 Å². The molecule has 0 saturated carbocycles. The third-order valence-electron chi connectivity index (χ3n) is 1.19. The molecule has 0 spiro atoms. The third-order valence-corrected chi connectivity index (χ3v) is 1.19. The van der Waals surface area contributed by atoms with E-state index in [0.717, 1.165) is 11.4 Å². The fraction of sp³-hybridized carbons (Fsp3) is 0.143. The molecule has 0 aromatic carbocycles. The Morgan fingerprint density at radius 1 is 1.64 bits per heavy atom. The largest absolute Gasteiger partial charge is 0.358 e. The lowest BCUT2D eigenvalue weighted by Crippen LogP contribution is -2.00. The van der Waals surface area contributed by atoms with Gasteiger partial charge >= 0.3 is 0 Å². The number of nitrogens with zero attached hydrogens (tertiary/aromatic N) is 1. The van der Waals surface area contributed by atoms with Gasteiger partial charge in [0.15, 0.2) is 0 Å².